The van der Waals surface area contributed by atoms with Crippen LogP contribution in [0.3, 0.4) is 0 Å². The maximum absolute atomic E-state index is 12.5. The first-order valence-corrected chi connectivity index (χ1v) is 11.6. The van der Waals surface area contributed by atoms with E-state index in [-0.39, 0.29) is 5.91 Å². The summed E-state index contributed by atoms with van der Waals surface area (Å²) in [5.74, 6) is 1.92. The summed E-state index contributed by atoms with van der Waals surface area (Å²) < 4.78 is 10.9. The van der Waals surface area contributed by atoms with Gasteiger partial charge in [0.1, 0.15) is 22.8 Å². The average molecular weight is 444 g/mol. The zero-order chi connectivity index (χ0) is 21.6. The molecule has 0 unspecified atom stereocenters. The smallest absolute Gasteiger partial charge is 0.242 e. The van der Waals surface area contributed by atoms with Crippen molar-refractivity contribution >= 4 is 23.4 Å². The Morgan fingerprint density at radius 1 is 1.00 bits per heavy atom. The molecular formula is C22H29N5O3S. The van der Waals surface area contributed by atoms with Crippen LogP contribution >= 0.6 is 11.8 Å². The molecule has 4 rings (SSSR count). The Kier molecular flexibility index (Phi) is 7.26. The average Bonchev–Trinajstić information content (AvgIpc) is 2.81. The number of methoxy groups -OCH3 is 2. The van der Waals surface area contributed by atoms with E-state index < -0.39 is 0 Å². The number of carbonyl (C=O) groups excluding carboxylic acids is 1. The minimum atomic E-state index is 0.0900. The number of amides is 1. The molecular weight excluding hydrogens is 414 g/mol. The fourth-order valence-corrected chi connectivity index (χ4v) is 4.97. The number of hydrogen-bond acceptors (Lipinski definition) is 8. The highest BCUT2D eigenvalue weighted by atomic mass is 32.2. The Bertz CT molecular complexity index is 890. The van der Waals surface area contributed by atoms with Crippen molar-refractivity contribution in [1.82, 2.24) is 19.8 Å². The molecule has 9 heteroatoms. The highest BCUT2D eigenvalue weighted by Crippen LogP contribution is 2.39. The molecule has 0 spiro atoms. The van der Waals surface area contributed by atoms with Gasteiger partial charge in [-0.3, -0.25) is 9.69 Å². The van der Waals surface area contributed by atoms with E-state index in [2.05, 4.69) is 31.9 Å². The third-order valence-corrected chi connectivity index (χ3v) is 6.72. The number of ether oxygens (including phenoxy) is 2. The topological polar surface area (TPSA) is 71.0 Å². The minimum absolute atomic E-state index is 0.0900. The number of fused-ring (bicyclic) bond motifs is 1. The van der Waals surface area contributed by atoms with Gasteiger partial charge >= 0.3 is 0 Å². The number of anilines is 1. The lowest BCUT2D eigenvalue weighted by atomic mass is 10.1. The van der Waals surface area contributed by atoms with Crippen LogP contribution < -0.4 is 14.4 Å². The lowest BCUT2D eigenvalue weighted by Crippen LogP contribution is -2.46. The number of carbonyl (C=O) groups is 1. The molecule has 2 aromatic rings. The molecule has 1 aromatic carbocycles. The van der Waals surface area contributed by atoms with Crippen molar-refractivity contribution in [1.29, 1.82) is 0 Å². The van der Waals surface area contributed by atoms with E-state index in [4.69, 9.17) is 9.47 Å². The van der Waals surface area contributed by atoms with E-state index in [9.17, 15) is 4.79 Å². The van der Waals surface area contributed by atoms with Gasteiger partial charge < -0.3 is 19.3 Å². The second-order valence-electron chi connectivity index (χ2n) is 7.65. The lowest BCUT2D eigenvalue weighted by Gasteiger charge is -2.35. The largest absolute Gasteiger partial charge is 0.496 e. The first kappa shape index (κ1) is 21.9. The van der Waals surface area contributed by atoms with Crippen molar-refractivity contribution in [2.24, 2.45) is 0 Å². The van der Waals surface area contributed by atoms with E-state index in [1.165, 1.54) is 23.7 Å². The van der Waals surface area contributed by atoms with E-state index in [1.54, 1.807) is 19.1 Å². The van der Waals surface area contributed by atoms with Gasteiger partial charge in [0.25, 0.3) is 0 Å². The van der Waals surface area contributed by atoms with Gasteiger partial charge in [-0.05, 0) is 19.0 Å². The number of benzene rings is 1. The van der Waals surface area contributed by atoms with Gasteiger partial charge in [0.15, 0.2) is 0 Å². The molecule has 0 radical (unpaired) electrons. The zero-order valence-corrected chi connectivity index (χ0v) is 18.9. The van der Waals surface area contributed by atoms with E-state index >= 15 is 0 Å². The third-order valence-electron chi connectivity index (χ3n) is 5.76. The highest BCUT2D eigenvalue weighted by molar-refractivity contribution is 8.00. The van der Waals surface area contributed by atoms with E-state index in [0.717, 1.165) is 56.5 Å². The molecule has 0 saturated carbocycles. The van der Waals surface area contributed by atoms with Crippen LogP contribution in [0.15, 0.2) is 35.6 Å². The third kappa shape index (κ3) is 5.11. The van der Waals surface area contributed by atoms with Crippen LogP contribution in [0.25, 0.3) is 0 Å². The van der Waals surface area contributed by atoms with Gasteiger partial charge in [0.05, 0.1) is 20.0 Å². The molecule has 1 amide bonds. The molecule has 2 aliphatic heterocycles. The summed E-state index contributed by atoms with van der Waals surface area (Å²) in [5.41, 5.74) is 1.95. The second kappa shape index (κ2) is 10.3. The van der Waals surface area contributed by atoms with Crippen molar-refractivity contribution in [3.8, 4) is 11.6 Å². The van der Waals surface area contributed by atoms with Crippen molar-refractivity contribution in [2.75, 3.05) is 64.1 Å². The van der Waals surface area contributed by atoms with Gasteiger partial charge in [-0.2, -0.15) is 4.98 Å². The van der Waals surface area contributed by atoms with Crippen LogP contribution in [0.2, 0.25) is 0 Å². The molecule has 2 aliphatic rings. The van der Waals surface area contributed by atoms with Gasteiger partial charge in [0.2, 0.25) is 11.8 Å². The Morgan fingerprint density at radius 2 is 1.77 bits per heavy atom. The molecule has 1 aromatic heterocycles. The predicted octanol–water partition coefficient (Wildman–Crippen LogP) is 2.14. The summed E-state index contributed by atoms with van der Waals surface area (Å²) in [6.07, 6.45) is 2.39. The van der Waals surface area contributed by atoms with Gasteiger partial charge in [-0.15, -0.1) is 0 Å². The van der Waals surface area contributed by atoms with Gasteiger partial charge in [-0.25, -0.2) is 4.98 Å². The lowest BCUT2D eigenvalue weighted by molar-refractivity contribution is -0.116. The minimum Gasteiger partial charge on any atom is -0.496 e. The number of rotatable bonds is 8. The summed E-state index contributed by atoms with van der Waals surface area (Å²) >= 11 is 1.45. The maximum Gasteiger partial charge on any atom is 0.242 e. The molecule has 0 N–H and O–H groups in total. The SMILES string of the molecule is COc1ccccc1CN1CCN(CCCN2C(=O)CSc3ncnc(OC)c32)CC1. The summed E-state index contributed by atoms with van der Waals surface area (Å²) in [7, 11) is 3.30. The summed E-state index contributed by atoms with van der Waals surface area (Å²) in [5, 5.41) is 0.816. The number of para-hydroxylation sites is 1. The van der Waals surface area contributed by atoms with Crippen molar-refractivity contribution < 1.29 is 14.3 Å². The molecule has 1 saturated heterocycles. The Labute approximate surface area is 187 Å². The summed E-state index contributed by atoms with van der Waals surface area (Å²) in [6.45, 7) is 6.64. The van der Waals surface area contributed by atoms with Gasteiger partial charge in [0, 0.05) is 44.8 Å². The van der Waals surface area contributed by atoms with E-state index in [1.807, 2.05) is 12.1 Å². The van der Waals surface area contributed by atoms with Crippen LogP contribution in [0.4, 0.5) is 5.69 Å². The van der Waals surface area contributed by atoms with Crippen LogP contribution in [-0.4, -0.2) is 84.9 Å². The summed E-state index contributed by atoms with van der Waals surface area (Å²) in [4.78, 5) is 27.8. The van der Waals surface area contributed by atoms with Crippen molar-refractivity contribution in [3.05, 3.63) is 36.2 Å². The quantitative estimate of drug-likeness (QED) is 0.575. The Hall–Kier alpha value is -2.36. The van der Waals surface area contributed by atoms with Crippen molar-refractivity contribution in [2.45, 2.75) is 18.0 Å². The number of aromatic nitrogens is 2. The number of piperazine rings is 1. The molecule has 3 heterocycles. The normalized spacial score (nSPS) is 17.5. The highest BCUT2D eigenvalue weighted by Gasteiger charge is 2.30. The van der Waals surface area contributed by atoms with Crippen molar-refractivity contribution in [3.63, 3.8) is 0 Å². The number of thioether (sulfide) groups is 1. The molecule has 0 aliphatic carbocycles. The first-order chi connectivity index (χ1) is 15.2. The fourth-order valence-electron chi connectivity index (χ4n) is 4.10. The van der Waals surface area contributed by atoms with E-state index in [0.29, 0.717) is 23.9 Å². The second-order valence-corrected chi connectivity index (χ2v) is 8.62. The van der Waals surface area contributed by atoms with Crippen LogP contribution in [-0.2, 0) is 11.3 Å². The zero-order valence-electron chi connectivity index (χ0n) is 18.1. The molecule has 0 atom stereocenters. The Balaban J connectivity index is 1.27. The fraction of sp³-hybridized carbons (Fsp3) is 0.500. The molecule has 8 nitrogen and oxygen atoms in total. The number of nitrogens with zero attached hydrogens (tertiary/aromatic N) is 5. The standard InChI is InChI=1S/C22H29N5O3S/c1-29-18-7-4-3-6-17(18)14-26-12-10-25(11-13-26)8-5-9-27-19(28)15-31-22-20(27)21(30-2)23-16-24-22/h3-4,6-7,16H,5,8-15H2,1-2H3. The molecule has 1 fully saturated rings. The van der Waals surface area contributed by atoms with Crippen LogP contribution in [0, 0.1) is 0 Å². The van der Waals surface area contributed by atoms with Crippen LogP contribution in [0.1, 0.15) is 12.0 Å². The maximum atomic E-state index is 12.5. The molecule has 166 valence electrons. The monoisotopic (exact) mass is 443 g/mol. The first-order valence-electron chi connectivity index (χ1n) is 10.6. The molecule has 31 heavy (non-hydrogen) atoms. The number of hydrogen-bond donors (Lipinski definition) is 0. The predicted molar refractivity (Wildman–Crippen MR) is 121 cm³/mol. The Morgan fingerprint density at radius 3 is 2.55 bits per heavy atom. The summed E-state index contributed by atoms with van der Waals surface area (Å²) in [6, 6.07) is 8.22. The molecule has 0 bridgehead atoms. The van der Waals surface area contributed by atoms with Gasteiger partial charge in [-0.1, -0.05) is 30.0 Å². The van der Waals surface area contributed by atoms with Crippen LogP contribution in [0.5, 0.6) is 11.6 Å².